The number of hydrogen-bond donors (Lipinski definition) is 2. The fourth-order valence-electron chi connectivity index (χ4n) is 3.65. The van der Waals surface area contributed by atoms with Gasteiger partial charge in [0.25, 0.3) is 5.69 Å². The number of halogens is 1. The summed E-state index contributed by atoms with van der Waals surface area (Å²) < 4.78 is 0. The lowest BCUT2D eigenvalue weighted by Crippen LogP contribution is -2.46. The molecule has 3 atom stereocenters. The Hall–Kier alpha value is -1.70. The number of amides is 1. The van der Waals surface area contributed by atoms with Crippen LogP contribution >= 0.6 is 11.6 Å². The van der Waals surface area contributed by atoms with Crippen LogP contribution in [0.2, 0.25) is 5.02 Å². The van der Waals surface area contributed by atoms with Crippen LogP contribution in [0.25, 0.3) is 0 Å². The molecule has 1 amide bonds. The molecule has 0 aromatic heterocycles. The van der Waals surface area contributed by atoms with Crippen molar-refractivity contribution in [2.45, 2.75) is 44.3 Å². The van der Waals surface area contributed by atoms with Crippen molar-refractivity contribution in [2.24, 2.45) is 5.92 Å². The summed E-state index contributed by atoms with van der Waals surface area (Å²) in [6.45, 7) is 0.245. The van der Waals surface area contributed by atoms with Gasteiger partial charge >= 0.3 is 0 Å². The second kappa shape index (κ2) is 7.04. The Bertz CT molecular complexity index is 654. The van der Waals surface area contributed by atoms with Crippen LogP contribution in [0.1, 0.15) is 31.2 Å². The van der Waals surface area contributed by atoms with E-state index in [0.717, 1.165) is 19.3 Å². The number of carbonyl (C=O) groups excluding carboxylic acids is 1. The maximum absolute atomic E-state index is 12.8. The van der Waals surface area contributed by atoms with Gasteiger partial charge in [-0.3, -0.25) is 20.3 Å². The van der Waals surface area contributed by atoms with E-state index < -0.39 is 4.92 Å². The van der Waals surface area contributed by atoms with Gasteiger partial charge < -0.3 is 4.90 Å². The van der Waals surface area contributed by atoms with Gasteiger partial charge in [-0.2, -0.15) is 0 Å². The first-order chi connectivity index (χ1) is 11.5. The number of non-ortho nitro benzene ring substituents is 1. The Morgan fingerprint density at radius 1 is 1.38 bits per heavy atom. The summed E-state index contributed by atoms with van der Waals surface area (Å²) in [5.74, 6) is 0.286. The number of hydrogen-bond acceptors (Lipinski definition) is 5. The molecule has 1 heterocycles. The molecule has 1 aromatic rings. The lowest BCUT2D eigenvalue weighted by Gasteiger charge is -2.29. The van der Waals surface area contributed by atoms with Crippen molar-refractivity contribution in [3.05, 3.63) is 38.9 Å². The number of nitrogens with zero attached hydrogens (tertiary/aromatic N) is 2. The summed E-state index contributed by atoms with van der Waals surface area (Å²) in [6.07, 6.45) is 4.46. The van der Waals surface area contributed by atoms with E-state index in [0.29, 0.717) is 22.5 Å². The van der Waals surface area contributed by atoms with Crippen LogP contribution in [0.5, 0.6) is 0 Å². The van der Waals surface area contributed by atoms with Gasteiger partial charge in [-0.05, 0) is 24.5 Å². The fourth-order valence-corrected chi connectivity index (χ4v) is 3.83. The molecule has 8 heteroatoms. The number of rotatable bonds is 4. The number of likely N-dealkylation sites (N-methyl/N-ethyl adjacent to an activating group) is 1. The number of benzene rings is 1. The Morgan fingerprint density at radius 2 is 2.12 bits per heavy atom. The Morgan fingerprint density at radius 3 is 2.88 bits per heavy atom. The van der Waals surface area contributed by atoms with Gasteiger partial charge in [0.1, 0.15) is 6.04 Å². The van der Waals surface area contributed by atoms with Gasteiger partial charge in [-0.1, -0.05) is 24.4 Å². The zero-order valence-electron chi connectivity index (χ0n) is 13.5. The molecule has 2 fully saturated rings. The fraction of sp³-hybridized carbons (Fsp3) is 0.562. The molecule has 1 aliphatic carbocycles. The highest BCUT2D eigenvalue weighted by Crippen LogP contribution is 2.31. The minimum atomic E-state index is -0.462. The molecule has 3 unspecified atom stereocenters. The van der Waals surface area contributed by atoms with E-state index in [9.17, 15) is 14.9 Å². The Balaban J connectivity index is 1.70. The van der Waals surface area contributed by atoms with E-state index >= 15 is 0 Å². The summed E-state index contributed by atoms with van der Waals surface area (Å²) in [5, 5.41) is 11.3. The average Bonchev–Trinajstić information content (AvgIpc) is 2.99. The van der Waals surface area contributed by atoms with Gasteiger partial charge in [0.2, 0.25) is 5.91 Å². The quantitative estimate of drug-likeness (QED) is 0.641. The maximum atomic E-state index is 12.8. The molecule has 0 radical (unpaired) electrons. The van der Waals surface area contributed by atoms with E-state index in [1.807, 2.05) is 0 Å². The minimum absolute atomic E-state index is 0.0144. The number of nitro benzene ring substituents is 1. The average molecular weight is 353 g/mol. The third-order valence-corrected chi connectivity index (χ3v) is 5.33. The first kappa shape index (κ1) is 17.1. The first-order valence-corrected chi connectivity index (χ1v) is 8.54. The van der Waals surface area contributed by atoms with Crippen molar-refractivity contribution < 1.29 is 9.72 Å². The Kier molecular flexibility index (Phi) is 5.03. The third kappa shape index (κ3) is 3.38. The monoisotopic (exact) mass is 352 g/mol. The minimum Gasteiger partial charge on any atom is -0.340 e. The molecule has 24 heavy (non-hydrogen) atoms. The molecule has 1 saturated heterocycles. The van der Waals surface area contributed by atoms with E-state index in [4.69, 9.17) is 11.6 Å². The molecule has 0 spiro atoms. The Labute approximate surface area is 145 Å². The summed E-state index contributed by atoms with van der Waals surface area (Å²) >= 11 is 6.13. The van der Waals surface area contributed by atoms with Crippen LogP contribution in [0, 0.1) is 16.0 Å². The van der Waals surface area contributed by atoms with Crippen molar-refractivity contribution in [3.63, 3.8) is 0 Å². The first-order valence-electron chi connectivity index (χ1n) is 8.16. The summed E-state index contributed by atoms with van der Waals surface area (Å²) in [7, 11) is 1.70. The van der Waals surface area contributed by atoms with Crippen molar-refractivity contribution in [2.75, 3.05) is 7.05 Å². The van der Waals surface area contributed by atoms with Crippen molar-refractivity contribution in [1.82, 2.24) is 15.8 Å². The number of nitrogens with one attached hydrogen (secondary N) is 2. The van der Waals surface area contributed by atoms with Gasteiger partial charge in [-0.15, -0.1) is 0 Å². The normalized spacial score (nSPS) is 26.0. The maximum Gasteiger partial charge on any atom is 0.269 e. The number of hydrazine groups is 1. The van der Waals surface area contributed by atoms with E-state index in [1.54, 1.807) is 11.9 Å². The molecule has 1 saturated carbocycles. The molecule has 130 valence electrons. The standard InChI is InChI=1S/C16H21ClN4O3/c1-20(9-10-8-11(21(23)24)6-7-13(10)17)16(22)15-12-4-2-3-5-14(12)18-19-15/h6-8,12,14-15,18-19H,2-5,9H2,1H3. The zero-order chi connectivity index (χ0) is 17.3. The molecule has 1 aliphatic heterocycles. The summed E-state index contributed by atoms with van der Waals surface area (Å²) in [4.78, 5) is 24.8. The molecule has 0 bridgehead atoms. The summed E-state index contributed by atoms with van der Waals surface area (Å²) in [6, 6.07) is 4.39. The largest absolute Gasteiger partial charge is 0.340 e. The molecule has 1 aromatic carbocycles. The van der Waals surface area contributed by atoms with Gasteiger partial charge in [0.05, 0.1) is 4.92 Å². The second-order valence-corrected chi connectivity index (χ2v) is 6.96. The van der Waals surface area contributed by atoms with Crippen LogP contribution in [0.4, 0.5) is 5.69 Å². The topological polar surface area (TPSA) is 87.5 Å². The molecular formula is C16H21ClN4O3. The molecular weight excluding hydrogens is 332 g/mol. The second-order valence-electron chi connectivity index (χ2n) is 6.55. The van der Waals surface area contributed by atoms with Crippen LogP contribution in [-0.2, 0) is 11.3 Å². The number of nitro groups is 1. The van der Waals surface area contributed by atoms with Gasteiger partial charge in [0.15, 0.2) is 0 Å². The predicted octanol–water partition coefficient (Wildman–Crippen LogP) is 2.24. The van der Waals surface area contributed by atoms with Crippen LogP contribution in [-0.4, -0.2) is 34.9 Å². The van der Waals surface area contributed by atoms with Crippen molar-refractivity contribution in [1.29, 1.82) is 0 Å². The third-order valence-electron chi connectivity index (χ3n) is 4.96. The predicted molar refractivity (Wildman–Crippen MR) is 90.4 cm³/mol. The SMILES string of the molecule is CN(Cc1cc([N+](=O)[O-])ccc1Cl)C(=O)C1NNC2CCCCC21. The zero-order valence-corrected chi connectivity index (χ0v) is 14.3. The number of fused-ring (bicyclic) bond motifs is 1. The lowest BCUT2D eigenvalue weighted by molar-refractivity contribution is -0.384. The molecule has 3 rings (SSSR count). The van der Waals surface area contributed by atoms with E-state index in [2.05, 4.69) is 10.9 Å². The van der Waals surface area contributed by atoms with Gasteiger partial charge in [0, 0.05) is 42.7 Å². The summed E-state index contributed by atoms with van der Waals surface area (Å²) in [5.41, 5.74) is 6.91. The highest BCUT2D eigenvalue weighted by atomic mass is 35.5. The van der Waals surface area contributed by atoms with Gasteiger partial charge in [-0.25, -0.2) is 5.43 Å². The van der Waals surface area contributed by atoms with Crippen LogP contribution in [0.15, 0.2) is 18.2 Å². The molecule has 7 nitrogen and oxygen atoms in total. The smallest absolute Gasteiger partial charge is 0.269 e. The van der Waals surface area contributed by atoms with E-state index in [-0.39, 0.29) is 24.2 Å². The van der Waals surface area contributed by atoms with E-state index in [1.165, 1.54) is 24.6 Å². The highest BCUT2D eigenvalue weighted by molar-refractivity contribution is 6.31. The van der Waals surface area contributed by atoms with Crippen molar-refractivity contribution in [3.8, 4) is 0 Å². The number of carbonyl (C=O) groups is 1. The lowest BCUT2D eigenvalue weighted by atomic mass is 9.81. The van der Waals surface area contributed by atoms with Crippen LogP contribution < -0.4 is 10.9 Å². The highest BCUT2D eigenvalue weighted by Gasteiger charge is 2.42. The molecule has 2 aliphatic rings. The van der Waals surface area contributed by atoms with Crippen molar-refractivity contribution >= 4 is 23.2 Å². The van der Waals surface area contributed by atoms with Crippen LogP contribution in [0.3, 0.4) is 0 Å². The molecule has 2 N–H and O–H groups in total.